The summed E-state index contributed by atoms with van der Waals surface area (Å²) in [4.78, 5) is 94.7. The van der Waals surface area contributed by atoms with E-state index in [0.717, 1.165) is 67.8 Å². The highest BCUT2D eigenvalue weighted by molar-refractivity contribution is 6.23. The van der Waals surface area contributed by atoms with Crippen LogP contribution >= 0.6 is 0 Å². The number of hydrogen-bond acceptors (Lipinski definition) is 12. The molecule has 4 fully saturated rings. The van der Waals surface area contributed by atoms with Crippen molar-refractivity contribution < 1.29 is 37.5 Å². The zero-order valence-electron chi connectivity index (χ0n) is 36.1. The van der Waals surface area contributed by atoms with Gasteiger partial charge in [-0.3, -0.25) is 43.9 Å². The summed E-state index contributed by atoms with van der Waals surface area (Å²) in [6.07, 6.45) is 7.97. The van der Waals surface area contributed by atoms with E-state index in [0.29, 0.717) is 73.0 Å². The lowest BCUT2D eigenvalue weighted by atomic mass is 9.88. The van der Waals surface area contributed by atoms with E-state index < -0.39 is 36.1 Å². The number of carbonyl (C=O) groups is 6. The summed E-state index contributed by atoms with van der Waals surface area (Å²) in [6, 6.07) is 10.5. The predicted molar refractivity (Wildman–Crippen MR) is 234 cm³/mol. The molecule has 1 aliphatic carbocycles. The van der Waals surface area contributed by atoms with E-state index in [1.54, 1.807) is 35.5 Å². The normalized spacial score (nSPS) is 23.3. The highest BCUT2D eigenvalue weighted by atomic mass is 19.3. The van der Waals surface area contributed by atoms with Crippen molar-refractivity contribution in [1.29, 1.82) is 0 Å². The van der Waals surface area contributed by atoms with Crippen molar-refractivity contribution in [2.45, 2.75) is 88.5 Å². The Bertz CT molecular complexity index is 2580. The summed E-state index contributed by atoms with van der Waals surface area (Å²) in [5, 5.41) is 9.59. The van der Waals surface area contributed by atoms with Crippen molar-refractivity contribution in [3.8, 4) is 0 Å². The van der Waals surface area contributed by atoms with E-state index in [1.807, 2.05) is 23.1 Å². The molecule has 1 atom stereocenters. The number of fused-ring (bicyclic) bond motifs is 3. The molecule has 340 valence electrons. The highest BCUT2D eigenvalue weighted by Crippen LogP contribution is 2.39. The second-order valence-corrected chi connectivity index (χ2v) is 18.1. The number of benzene rings is 2. The maximum Gasteiger partial charge on any atom is 0.262 e. The molecule has 7 heterocycles. The van der Waals surface area contributed by atoms with Crippen molar-refractivity contribution in [2.24, 2.45) is 0 Å². The van der Waals surface area contributed by atoms with Crippen LogP contribution < -0.4 is 20.4 Å². The number of carbonyl (C=O) groups excluding carboxylic acids is 6. The summed E-state index contributed by atoms with van der Waals surface area (Å²) in [5.74, 6) is -2.48. The smallest absolute Gasteiger partial charge is 0.262 e. The Balaban J connectivity index is 0.767. The Morgan fingerprint density at radius 2 is 1.58 bits per heavy atom. The number of anilines is 3. The van der Waals surface area contributed by atoms with Crippen LogP contribution in [0.4, 0.5) is 25.8 Å². The molecule has 1 unspecified atom stereocenters. The molecule has 4 aromatic rings. The minimum Gasteiger partial charge on any atom is -0.371 e. The second-order valence-electron chi connectivity index (χ2n) is 18.1. The van der Waals surface area contributed by atoms with E-state index >= 15 is 0 Å². The van der Waals surface area contributed by atoms with Crippen molar-refractivity contribution in [2.75, 3.05) is 68.0 Å². The van der Waals surface area contributed by atoms with E-state index in [9.17, 15) is 37.5 Å². The molecule has 65 heavy (non-hydrogen) atoms. The van der Waals surface area contributed by atoms with E-state index in [-0.39, 0.29) is 48.4 Å². The van der Waals surface area contributed by atoms with Gasteiger partial charge in [0.1, 0.15) is 11.6 Å². The number of nitrogens with zero attached hydrogens (tertiary/aromatic N) is 9. The van der Waals surface area contributed by atoms with Gasteiger partial charge in [-0.05, 0) is 94.0 Å². The van der Waals surface area contributed by atoms with Gasteiger partial charge in [-0.15, -0.1) is 0 Å². The van der Waals surface area contributed by atoms with Crippen molar-refractivity contribution in [3.63, 3.8) is 0 Å². The predicted octanol–water partition coefficient (Wildman–Crippen LogP) is 3.64. The first-order valence-electron chi connectivity index (χ1n) is 22.6. The fourth-order valence-corrected chi connectivity index (χ4v) is 10.8. The average molecular weight is 892 g/mol. The molecule has 0 radical (unpaired) electrons. The Morgan fingerprint density at radius 1 is 0.846 bits per heavy atom. The lowest BCUT2D eigenvalue weighted by Gasteiger charge is -2.44. The lowest BCUT2D eigenvalue weighted by Crippen LogP contribution is -2.54. The molecule has 1 saturated carbocycles. The van der Waals surface area contributed by atoms with Crippen LogP contribution in [-0.2, 0) is 16.1 Å². The molecule has 2 aromatic heterocycles. The first kappa shape index (κ1) is 42.6. The molecule has 6 aliphatic rings. The van der Waals surface area contributed by atoms with Gasteiger partial charge in [0.05, 0.1) is 35.2 Å². The van der Waals surface area contributed by atoms with Gasteiger partial charge in [-0.25, -0.2) is 18.3 Å². The standard InChI is InChI=1S/C46H51F2N11O6/c1-53(29-11-15-55(16-12-29)31-7-8-32-34(22-31)46(65)59(45(32)64)37-9-10-40(60)52-43(37)62)28-3-5-30(6-4-28)57-25-27-21-36(51-42(61)35-24-50-58-14-2-13-49-41(35)58)38(23-33(27)44(57)63)56-19-17-54(18-20-56)26-39(47)48/h2,7-8,13-14,21-24,28-30,37,39H,3-6,9-12,15-20,25-26H2,1H3,(H,51,61)(H,52,60,62). The number of halogens is 2. The Labute approximate surface area is 373 Å². The average Bonchev–Trinajstić information content (AvgIpc) is 3.96. The number of aromatic nitrogens is 3. The van der Waals surface area contributed by atoms with E-state index in [1.165, 1.54) is 10.7 Å². The molecule has 6 amide bonds. The first-order chi connectivity index (χ1) is 31.4. The fourth-order valence-electron chi connectivity index (χ4n) is 10.8. The third-order valence-corrected chi connectivity index (χ3v) is 14.4. The van der Waals surface area contributed by atoms with E-state index in [2.05, 4.69) is 42.5 Å². The zero-order valence-corrected chi connectivity index (χ0v) is 36.1. The van der Waals surface area contributed by atoms with Crippen LogP contribution in [0.2, 0.25) is 0 Å². The molecule has 17 nitrogen and oxygen atoms in total. The SMILES string of the molecule is CN(C1CCC(N2Cc3cc(NC(=O)c4cnn5cccnc45)c(N4CCN(CC(F)F)CC4)cc3C2=O)CC1)C1CCN(c2ccc3c(c2)C(=O)N(C2CCC(=O)NC2=O)C3=O)CC1. The molecular weight excluding hydrogens is 841 g/mol. The number of hydrogen-bond donors (Lipinski definition) is 2. The second kappa shape index (κ2) is 17.2. The molecule has 5 aliphatic heterocycles. The van der Waals surface area contributed by atoms with Gasteiger partial charge in [0.15, 0.2) is 5.65 Å². The monoisotopic (exact) mass is 891 g/mol. The molecular formula is C46H51F2N11O6. The number of piperazine rings is 1. The number of piperidine rings is 2. The van der Waals surface area contributed by atoms with Gasteiger partial charge in [0.25, 0.3) is 30.1 Å². The fraction of sp³-hybridized carbons (Fsp3) is 0.478. The Hall–Kier alpha value is -6.34. The lowest BCUT2D eigenvalue weighted by molar-refractivity contribution is -0.136. The summed E-state index contributed by atoms with van der Waals surface area (Å²) in [5.41, 5.74) is 4.79. The molecule has 10 rings (SSSR count). The molecule has 0 bridgehead atoms. The molecule has 2 N–H and O–H groups in total. The third-order valence-electron chi connectivity index (χ3n) is 14.4. The van der Waals surface area contributed by atoms with Crippen molar-refractivity contribution in [3.05, 3.63) is 82.8 Å². The number of rotatable bonds is 10. The van der Waals surface area contributed by atoms with Crippen LogP contribution in [0.5, 0.6) is 0 Å². The quantitative estimate of drug-likeness (QED) is 0.222. The summed E-state index contributed by atoms with van der Waals surface area (Å²) >= 11 is 0. The van der Waals surface area contributed by atoms with Crippen LogP contribution in [0.25, 0.3) is 5.65 Å². The van der Waals surface area contributed by atoms with Gasteiger partial charge in [-0.2, -0.15) is 5.10 Å². The topological polar surface area (TPSA) is 176 Å². The number of imide groups is 2. The van der Waals surface area contributed by atoms with Crippen molar-refractivity contribution >= 4 is 58.2 Å². The molecule has 19 heteroatoms. The van der Waals surface area contributed by atoms with Gasteiger partial charge in [0, 0.05) is 94.0 Å². The highest BCUT2D eigenvalue weighted by Gasteiger charge is 2.45. The summed E-state index contributed by atoms with van der Waals surface area (Å²) in [6.45, 7) is 3.46. The minimum absolute atomic E-state index is 0.0345. The van der Waals surface area contributed by atoms with Gasteiger partial charge in [-0.1, -0.05) is 0 Å². The number of alkyl halides is 2. The van der Waals surface area contributed by atoms with Crippen LogP contribution in [0.1, 0.15) is 98.4 Å². The molecule has 0 spiro atoms. The molecule has 2 aromatic carbocycles. The number of amides is 6. The van der Waals surface area contributed by atoms with Crippen molar-refractivity contribution in [1.82, 2.24) is 39.5 Å². The summed E-state index contributed by atoms with van der Waals surface area (Å²) < 4.78 is 27.9. The number of nitrogens with one attached hydrogen (secondary N) is 2. The summed E-state index contributed by atoms with van der Waals surface area (Å²) in [7, 11) is 2.19. The first-order valence-corrected chi connectivity index (χ1v) is 22.6. The Kier molecular flexibility index (Phi) is 11.3. The van der Waals surface area contributed by atoms with Crippen LogP contribution in [0, 0.1) is 0 Å². The third kappa shape index (κ3) is 7.98. The van der Waals surface area contributed by atoms with Gasteiger partial charge >= 0.3 is 0 Å². The minimum atomic E-state index is -2.43. The van der Waals surface area contributed by atoms with E-state index in [4.69, 9.17) is 0 Å². The largest absolute Gasteiger partial charge is 0.371 e. The zero-order chi connectivity index (χ0) is 45.1. The van der Waals surface area contributed by atoms with Crippen LogP contribution in [0.3, 0.4) is 0 Å². The van der Waals surface area contributed by atoms with Gasteiger partial charge in [0.2, 0.25) is 11.8 Å². The maximum atomic E-state index is 14.2. The Morgan fingerprint density at radius 3 is 2.32 bits per heavy atom. The van der Waals surface area contributed by atoms with Gasteiger partial charge < -0.3 is 24.9 Å². The molecule has 3 saturated heterocycles. The van der Waals surface area contributed by atoms with Crippen LogP contribution in [0.15, 0.2) is 55.0 Å². The maximum absolute atomic E-state index is 14.2. The van der Waals surface area contributed by atoms with Crippen LogP contribution in [-0.4, -0.2) is 153 Å².